The van der Waals surface area contributed by atoms with Crippen molar-refractivity contribution in [3.05, 3.63) is 17.0 Å². The van der Waals surface area contributed by atoms with E-state index in [1.54, 1.807) is 0 Å². The molecule has 7 heteroatoms. The van der Waals surface area contributed by atoms with Crippen LogP contribution in [0, 0.1) is 4.78 Å². The molecule has 66 valence electrons. The van der Waals surface area contributed by atoms with E-state index in [4.69, 9.17) is 4.78 Å². The monoisotopic (exact) mass is 250 g/mol. The highest BCUT2D eigenvalue weighted by Crippen LogP contribution is 2.06. The Hall–Kier alpha value is -0.690. The number of anilines is 1. The van der Waals surface area contributed by atoms with E-state index in [2.05, 4.69) is 30.6 Å². The van der Waals surface area contributed by atoms with E-state index in [1.807, 2.05) is 0 Å². The lowest BCUT2D eigenvalue weighted by Crippen LogP contribution is -2.09. The van der Waals surface area contributed by atoms with E-state index in [-0.39, 0.29) is 0 Å². The van der Waals surface area contributed by atoms with Gasteiger partial charge in [0, 0.05) is 6.26 Å². The fourth-order valence-electron chi connectivity index (χ4n) is 0.565. The summed E-state index contributed by atoms with van der Waals surface area (Å²) in [6, 6.07) is 0. The minimum absolute atomic E-state index is 0.334. The van der Waals surface area contributed by atoms with E-state index < -0.39 is 9.92 Å². The van der Waals surface area contributed by atoms with Gasteiger partial charge in [0.2, 0.25) is 0 Å². The van der Waals surface area contributed by atoms with E-state index in [1.165, 1.54) is 18.6 Å². The quantitative estimate of drug-likeness (QED) is 0.829. The fourth-order valence-corrected chi connectivity index (χ4v) is 1.27. The van der Waals surface area contributed by atoms with E-state index >= 15 is 0 Å². The van der Waals surface area contributed by atoms with Gasteiger partial charge in [-0.05, 0) is 15.9 Å². The summed E-state index contributed by atoms with van der Waals surface area (Å²) < 4.78 is 21.0. The molecular weight excluding hydrogens is 244 g/mol. The molecule has 0 fully saturated rings. The Morgan fingerprint density at radius 3 is 2.67 bits per heavy atom. The smallest absolute Gasteiger partial charge is 0.156 e. The molecule has 0 aliphatic rings. The highest BCUT2D eigenvalue weighted by molar-refractivity contribution is 9.10. The average Bonchev–Trinajstić information content (AvgIpc) is 1.91. The number of hydrogen-bond donors (Lipinski definition) is 2. The molecule has 5 nitrogen and oxygen atoms in total. The Balaban J connectivity index is 2.85. The molecule has 0 spiro atoms. The predicted octanol–water partition coefficient (Wildman–Crippen LogP) is 1.24. The maximum atomic E-state index is 10.9. The molecule has 0 aromatic carbocycles. The van der Waals surface area contributed by atoms with Crippen molar-refractivity contribution in [2.75, 3.05) is 11.0 Å². The summed E-state index contributed by atoms with van der Waals surface area (Å²) in [6.07, 6.45) is 4.14. The first-order chi connectivity index (χ1) is 5.47. The van der Waals surface area contributed by atoms with Gasteiger partial charge in [0.15, 0.2) is 5.82 Å². The highest BCUT2D eigenvalue weighted by Gasteiger charge is 1.98. The highest BCUT2D eigenvalue weighted by atomic mass is 79.9. The molecule has 0 aliphatic carbocycles. The second-order valence-corrected chi connectivity index (χ2v) is 4.87. The Labute approximate surface area is 78.9 Å². The molecule has 1 atom stereocenters. The number of aromatic nitrogens is 2. The van der Waals surface area contributed by atoms with Gasteiger partial charge in [-0.25, -0.2) is 19.0 Å². The molecule has 2 N–H and O–H groups in total. The van der Waals surface area contributed by atoms with Crippen LogP contribution in [0.2, 0.25) is 0 Å². The second-order valence-electron chi connectivity index (χ2n) is 2.17. The molecule has 1 unspecified atom stereocenters. The van der Waals surface area contributed by atoms with Gasteiger partial charge in [0.25, 0.3) is 0 Å². The fraction of sp³-hybridized carbons (Fsp3) is 0.200. The summed E-state index contributed by atoms with van der Waals surface area (Å²) in [5.41, 5.74) is 0. The summed E-state index contributed by atoms with van der Waals surface area (Å²) >= 11 is 3.11. The Morgan fingerprint density at radius 1 is 1.58 bits per heavy atom. The van der Waals surface area contributed by atoms with Gasteiger partial charge in [-0.1, -0.05) is 0 Å². The van der Waals surface area contributed by atoms with Crippen LogP contribution in [-0.2, 0) is 9.92 Å². The molecule has 12 heavy (non-hydrogen) atoms. The topological polar surface area (TPSA) is 78.7 Å². The van der Waals surface area contributed by atoms with E-state index in [0.717, 1.165) is 0 Å². The number of nitrogens with one attached hydrogen (secondary N) is 2. The van der Waals surface area contributed by atoms with Crippen LogP contribution in [0.25, 0.3) is 0 Å². The van der Waals surface area contributed by atoms with Crippen LogP contribution in [0.3, 0.4) is 0 Å². The third-order valence-corrected chi connectivity index (χ3v) is 1.93. The van der Waals surface area contributed by atoms with Crippen molar-refractivity contribution in [3.8, 4) is 0 Å². The third kappa shape index (κ3) is 3.14. The third-order valence-electron chi connectivity index (χ3n) is 0.920. The van der Waals surface area contributed by atoms with Crippen molar-refractivity contribution in [2.45, 2.75) is 0 Å². The van der Waals surface area contributed by atoms with Crippen molar-refractivity contribution in [1.29, 1.82) is 4.78 Å². The van der Waals surface area contributed by atoms with Gasteiger partial charge >= 0.3 is 0 Å². The molecule has 1 heterocycles. The zero-order valence-electron chi connectivity index (χ0n) is 6.24. The van der Waals surface area contributed by atoms with Crippen molar-refractivity contribution in [3.63, 3.8) is 0 Å². The largest absolute Gasteiger partial charge is 0.282 e. The lowest BCUT2D eigenvalue weighted by atomic mass is 10.7. The zero-order chi connectivity index (χ0) is 9.19. The first-order valence-electron chi connectivity index (χ1n) is 2.96. The standard InChI is InChI=1S/C5H7BrN4OS/c1-12(7,11)10-5-3-8-4(6)2-9-5/h2-3H,1H3,(H2,7,9,10,11). The lowest BCUT2D eigenvalue weighted by molar-refractivity contribution is 0.682. The molecule has 0 aliphatic heterocycles. The number of hydrogen-bond acceptors (Lipinski definition) is 4. The molecule has 0 saturated heterocycles. The van der Waals surface area contributed by atoms with Crippen molar-refractivity contribution >= 4 is 31.7 Å². The van der Waals surface area contributed by atoms with Crippen molar-refractivity contribution in [1.82, 2.24) is 9.97 Å². The molecule has 0 amide bonds. The van der Waals surface area contributed by atoms with Crippen LogP contribution < -0.4 is 4.72 Å². The van der Waals surface area contributed by atoms with Crippen LogP contribution in [0.4, 0.5) is 5.82 Å². The minimum Gasteiger partial charge on any atom is -0.282 e. The Bertz CT molecular complexity index is 360. The van der Waals surface area contributed by atoms with Gasteiger partial charge in [-0.2, -0.15) is 0 Å². The molecule has 1 aromatic rings. The molecule has 1 aromatic heterocycles. The van der Waals surface area contributed by atoms with Crippen molar-refractivity contribution < 1.29 is 4.21 Å². The normalized spacial score (nSPS) is 15.2. The minimum atomic E-state index is -2.76. The van der Waals surface area contributed by atoms with Gasteiger partial charge in [-0.15, -0.1) is 0 Å². The van der Waals surface area contributed by atoms with Crippen LogP contribution in [0.15, 0.2) is 17.0 Å². The van der Waals surface area contributed by atoms with Gasteiger partial charge in [0.05, 0.1) is 12.4 Å². The Kier molecular flexibility index (Phi) is 2.63. The SMILES string of the molecule is CS(=N)(=O)Nc1cnc(Br)cn1. The Morgan fingerprint density at radius 2 is 2.25 bits per heavy atom. The summed E-state index contributed by atoms with van der Waals surface area (Å²) in [5, 5.41) is 0. The van der Waals surface area contributed by atoms with Gasteiger partial charge in [-0.3, -0.25) is 4.72 Å². The predicted molar refractivity (Wildman–Crippen MR) is 50.1 cm³/mol. The molecule has 0 radical (unpaired) electrons. The number of rotatable bonds is 2. The average molecular weight is 251 g/mol. The summed E-state index contributed by atoms with van der Waals surface area (Å²) in [7, 11) is -2.76. The van der Waals surface area contributed by atoms with E-state index in [0.29, 0.717) is 10.4 Å². The summed E-state index contributed by atoms with van der Waals surface area (Å²) in [5.74, 6) is 0.334. The molecule has 0 saturated carbocycles. The maximum absolute atomic E-state index is 10.9. The van der Waals surface area contributed by atoms with Gasteiger partial charge in [0.1, 0.15) is 14.5 Å². The number of nitrogens with zero attached hydrogens (tertiary/aromatic N) is 2. The first kappa shape index (κ1) is 9.40. The molecule has 1 rings (SSSR count). The van der Waals surface area contributed by atoms with E-state index in [9.17, 15) is 4.21 Å². The zero-order valence-corrected chi connectivity index (χ0v) is 8.65. The molecule has 0 bridgehead atoms. The summed E-state index contributed by atoms with van der Waals surface area (Å²) in [6.45, 7) is 0. The maximum Gasteiger partial charge on any atom is 0.156 e. The van der Waals surface area contributed by atoms with Crippen LogP contribution >= 0.6 is 15.9 Å². The summed E-state index contributed by atoms with van der Waals surface area (Å²) in [4.78, 5) is 7.69. The van der Waals surface area contributed by atoms with Crippen LogP contribution in [-0.4, -0.2) is 20.4 Å². The van der Waals surface area contributed by atoms with Gasteiger partial charge < -0.3 is 0 Å². The first-order valence-corrected chi connectivity index (χ1v) is 5.72. The van der Waals surface area contributed by atoms with Crippen molar-refractivity contribution in [2.24, 2.45) is 0 Å². The molecular formula is C5H7BrN4OS. The number of halogens is 1. The van der Waals surface area contributed by atoms with Crippen LogP contribution in [0.5, 0.6) is 0 Å². The second kappa shape index (κ2) is 3.36. The van der Waals surface area contributed by atoms with Crippen LogP contribution in [0.1, 0.15) is 0 Å². The lowest BCUT2D eigenvalue weighted by Gasteiger charge is -2.02.